The number of rotatable bonds is 1. The molecule has 0 bridgehead atoms. The lowest BCUT2D eigenvalue weighted by molar-refractivity contribution is -0.137. The van der Waals surface area contributed by atoms with Crippen LogP contribution in [0.25, 0.3) is 33.2 Å². The van der Waals surface area contributed by atoms with Crippen LogP contribution in [-0.2, 0) is 19.1 Å². The average molecular weight is 316 g/mol. The van der Waals surface area contributed by atoms with Gasteiger partial charge in [-0.25, -0.2) is 4.79 Å². The molecule has 0 aliphatic heterocycles. The van der Waals surface area contributed by atoms with Gasteiger partial charge in [0.1, 0.15) is 5.57 Å². The van der Waals surface area contributed by atoms with Crippen molar-refractivity contribution in [1.29, 1.82) is 0 Å². The first-order valence-electron chi connectivity index (χ1n) is 7.44. The van der Waals surface area contributed by atoms with Gasteiger partial charge >= 0.3 is 5.97 Å². The highest BCUT2D eigenvalue weighted by molar-refractivity contribution is 6.67. The molecule has 0 fully saturated rings. The van der Waals surface area contributed by atoms with Crippen molar-refractivity contribution in [2.45, 2.75) is 0 Å². The van der Waals surface area contributed by atoms with Gasteiger partial charge < -0.3 is 4.74 Å². The zero-order valence-electron chi connectivity index (χ0n) is 12.8. The van der Waals surface area contributed by atoms with Crippen molar-refractivity contribution in [3.8, 4) is 0 Å². The van der Waals surface area contributed by atoms with Crippen LogP contribution in [0.1, 0.15) is 0 Å². The minimum absolute atomic E-state index is 0.199. The molecule has 3 aromatic rings. The van der Waals surface area contributed by atoms with Crippen LogP contribution in [0.4, 0.5) is 0 Å². The normalized spacial score (nSPS) is 13.8. The zero-order chi connectivity index (χ0) is 16.8. The number of ketones is 2. The van der Waals surface area contributed by atoms with E-state index in [-0.39, 0.29) is 5.57 Å². The maximum atomic E-state index is 12.1. The Balaban J connectivity index is 2.18. The Morgan fingerprint density at radius 3 is 2.12 bits per heavy atom. The van der Waals surface area contributed by atoms with Gasteiger partial charge in [0.05, 0.1) is 7.11 Å². The van der Waals surface area contributed by atoms with E-state index in [9.17, 15) is 14.4 Å². The van der Waals surface area contributed by atoms with E-state index in [1.54, 1.807) is 6.07 Å². The number of fused-ring (bicyclic) bond motifs is 3. The van der Waals surface area contributed by atoms with Crippen LogP contribution < -0.4 is 10.4 Å². The molecule has 4 heteroatoms. The molecule has 1 aliphatic rings. The smallest absolute Gasteiger partial charge is 0.342 e. The molecule has 0 unspecified atom stereocenters. The van der Waals surface area contributed by atoms with Crippen molar-refractivity contribution in [2.75, 3.05) is 7.11 Å². The molecule has 4 rings (SSSR count). The molecule has 116 valence electrons. The molecule has 0 saturated carbocycles. The van der Waals surface area contributed by atoms with Gasteiger partial charge in [-0.3, -0.25) is 9.59 Å². The minimum atomic E-state index is -0.825. The maximum absolute atomic E-state index is 12.1. The molecule has 0 saturated heterocycles. The van der Waals surface area contributed by atoms with Crippen molar-refractivity contribution in [1.82, 2.24) is 0 Å². The molecular formula is C20H12O4. The Morgan fingerprint density at radius 2 is 1.50 bits per heavy atom. The number of Topliss-reactive ketones (excluding diaryl/α,β-unsaturated/α-hetero) is 2. The fourth-order valence-electron chi connectivity index (χ4n) is 3.10. The highest BCUT2D eigenvalue weighted by Gasteiger charge is 2.28. The van der Waals surface area contributed by atoms with E-state index in [0.717, 1.165) is 21.5 Å². The Labute approximate surface area is 136 Å². The van der Waals surface area contributed by atoms with Crippen LogP contribution in [0.2, 0.25) is 0 Å². The van der Waals surface area contributed by atoms with E-state index in [0.29, 0.717) is 10.4 Å². The number of esters is 1. The number of ether oxygens (including phenoxy) is 1. The second-order valence-corrected chi connectivity index (χ2v) is 5.69. The number of carbonyl (C=O) groups is 3. The van der Waals surface area contributed by atoms with Gasteiger partial charge in [-0.2, -0.15) is 0 Å². The molecule has 4 nitrogen and oxygen atoms in total. The standard InChI is InChI=1S/C20H12O4/c1-24-20(23)18-16-9-14-7-12-5-3-2-4-11(12)6-13(14)8-15(16)10-17(21)19(18)22/h2-10H,1H3. The Morgan fingerprint density at radius 1 is 0.875 bits per heavy atom. The largest absolute Gasteiger partial charge is 0.465 e. The summed E-state index contributed by atoms with van der Waals surface area (Å²) in [6.45, 7) is 0. The summed E-state index contributed by atoms with van der Waals surface area (Å²) in [5.41, 5.74) is -0.199. The number of methoxy groups -OCH3 is 1. The molecule has 1 aliphatic carbocycles. The number of benzene rings is 3. The highest BCUT2D eigenvalue weighted by Crippen LogP contribution is 2.21. The summed E-state index contributed by atoms with van der Waals surface area (Å²) >= 11 is 0. The fourth-order valence-corrected chi connectivity index (χ4v) is 3.10. The molecule has 24 heavy (non-hydrogen) atoms. The van der Waals surface area contributed by atoms with Gasteiger partial charge in [0.25, 0.3) is 0 Å². The minimum Gasteiger partial charge on any atom is -0.465 e. The molecule has 0 atom stereocenters. The van der Waals surface area contributed by atoms with Crippen molar-refractivity contribution in [3.05, 3.63) is 59.0 Å². The van der Waals surface area contributed by atoms with Crippen LogP contribution in [-0.4, -0.2) is 24.6 Å². The van der Waals surface area contributed by atoms with E-state index in [2.05, 4.69) is 4.74 Å². The summed E-state index contributed by atoms with van der Waals surface area (Å²) in [6, 6.07) is 15.5. The van der Waals surface area contributed by atoms with Crippen molar-refractivity contribution in [3.63, 3.8) is 0 Å². The number of carbonyl (C=O) groups excluding carboxylic acids is 3. The lowest BCUT2D eigenvalue weighted by Gasteiger charge is -2.09. The molecule has 0 amide bonds. The lowest BCUT2D eigenvalue weighted by atomic mass is 9.94. The highest BCUT2D eigenvalue weighted by atomic mass is 16.5. The summed E-state index contributed by atoms with van der Waals surface area (Å²) in [4.78, 5) is 36.0. The second-order valence-electron chi connectivity index (χ2n) is 5.69. The molecule has 0 spiro atoms. The molecular weight excluding hydrogens is 304 g/mol. The molecule has 0 heterocycles. The summed E-state index contributed by atoms with van der Waals surface area (Å²) < 4.78 is 4.68. The van der Waals surface area contributed by atoms with Crippen LogP contribution in [0, 0.1) is 0 Å². The van der Waals surface area contributed by atoms with Crippen LogP contribution in [0.5, 0.6) is 0 Å². The quantitative estimate of drug-likeness (QED) is 0.385. The van der Waals surface area contributed by atoms with Crippen LogP contribution in [0.3, 0.4) is 0 Å². The first-order chi connectivity index (χ1) is 11.6. The Bertz CT molecular complexity index is 1190. The Kier molecular flexibility index (Phi) is 3.06. The lowest BCUT2D eigenvalue weighted by Crippen LogP contribution is -2.40. The van der Waals surface area contributed by atoms with Gasteiger partial charge in [0.2, 0.25) is 11.6 Å². The summed E-state index contributed by atoms with van der Waals surface area (Å²) in [5.74, 6) is -2.32. The number of hydrogen-bond acceptors (Lipinski definition) is 4. The molecule has 0 radical (unpaired) electrons. The third-order valence-electron chi connectivity index (χ3n) is 4.27. The monoisotopic (exact) mass is 316 g/mol. The van der Waals surface area contributed by atoms with Gasteiger partial charge in [-0.15, -0.1) is 0 Å². The first kappa shape index (κ1) is 14.3. The van der Waals surface area contributed by atoms with Crippen LogP contribution >= 0.6 is 0 Å². The van der Waals surface area contributed by atoms with Gasteiger partial charge in [0.15, 0.2) is 0 Å². The van der Waals surface area contributed by atoms with E-state index < -0.39 is 17.5 Å². The van der Waals surface area contributed by atoms with E-state index in [4.69, 9.17) is 0 Å². The third kappa shape index (κ3) is 2.04. The fraction of sp³-hybridized carbons (Fsp3) is 0.0500. The summed E-state index contributed by atoms with van der Waals surface area (Å²) in [6.07, 6.45) is 1.28. The third-order valence-corrected chi connectivity index (χ3v) is 4.27. The molecule has 0 aromatic heterocycles. The van der Waals surface area contributed by atoms with Gasteiger partial charge in [-0.1, -0.05) is 24.3 Å². The van der Waals surface area contributed by atoms with Crippen LogP contribution in [0.15, 0.2) is 48.5 Å². The second kappa shape index (κ2) is 5.13. The van der Waals surface area contributed by atoms with Crippen molar-refractivity contribution >= 4 is 50.7 Å². The summed E-state index contributed by atoms with van der Waals surface area (Å²) in [7, 11) is 1.19. The van der Waals surface area contributed by atoms with E-state index in [1.165, 1.54) is 13.2 Å². The number of hydrogen-bond donors (Lipinski definition) is 0. The van der Waals surface area contributed by atoms with Gasteiger partial charge in [-0.05, 0) is 57.1 Å². The maximum Gasteiger partial charge on any atom is 0.342 e. The first-order valence-corrected chi connectivity index (χ1v) is 7.44. The predicted octanol–water partition coefficient (Wildman–Crippen LogP) is 1.25. The van der Waals surface area contributed by atoms with E-state index >= 15 is 0 Å². The molecule has 3 aromatic carbocycles. The zero-order valence-corrected chi connectivity index (χ0v) is 12.8. The average Bonchev–Trinajstić information content (AvgIpc) is 2.59. The van der Waals surface area contributed by atoms with Gasteiger partial charge in [0, 0.05) is 5.22 Å². The van der Waals surface area contributed by atoms with E-state index in [1.807, 2.05) is 42.5 Å². The Hall–Kier alpha value is -3.27. The van der Waals surface area contributed by atoms with Crippen molar-refractivity contribution in [2.24, 2.45) is 0 Å². The van der Waals surface area contributed by atoms with Crippen molar-refractivity contribution < 1.29 is 19.1 Å². The SMILES string of the molecule is COC(=O)C1=c2cc3cc4ccccc4cc3cc2=CC(=O)C1=O. The summed E-state index contributed by atoms with van der Waals surface area (Å²) in [5, 5.41) is 4.98. The predicted molar refractivity (Wildman–Crippen MR) is 90.6 cm³/mol. The topological polar surface area (TPSA) is 60.4 Å². The molecule has 0 N–H and O–H groups in total.